The Morgan fingerprint density at radius 1 is 0.471 bits per heavy atom. The van der Waals surface area contributed by atoms with E-state index < -0.39 is 21.7 Å². The maximum atomic E-state index is 13.9. The first-order chi connectivity index (χ1) is 23.5. The van der Waals surface area contributed by atoms with Crippen LogP contribution in [0.3, 0.4) is 0 Å². The fraction of sp³-hybridized carbons (Fsp3) is 0.348. The summed E-state index contributed by atoms with van der Waals surface area (Å²) in [6.07, 6.45) is 8.04. The molecule has 5 rings (SSSR count). The molecule has 0 N–H and O–H groups in total. The second-order valence-corrected chi connectivity index (χ2v) is 18.6. The molecular formula is C46H50Cl2O3. The van der Waals surface area contributed by atoms with Gasteiger partial charge in [0.05, 0.1) is 0 Å². The van der Waals surface area contributed by atoms with Crippen molar-refractivity contribution in [2.45, 2.75) is 83.1 Å². The SMILES string of the molecule is CC(C)(C)C1=CC(=C(c2cccc(Cl)c2)c2ccc(C(=C3C=C(C(C)(C)C)C(=O)C(C(C)(C)C)=C3)c3cccc(Cl)c3)o2)C=C(C(C)(C)C)C1=O. The Balaban J connectivity index is 1.88. The molecule has 3 nitrogen and oxygen atoms in total. The highest BCUT2D eigenvalue weighted by Gasteiger charge is 2.37. The molecule has 51 heavy (non-hydrogen) atoms. The van der Waals surface area contributed by atoms with Gasteiger partial charge in [-0.05, 0) is 105 Å². The van der Waals surface area contributed by atoms with Crippen LogP contribution in [0, 0.1) is 21.7 Å². The van der Waals surface area contributed by atoms with Gasteiger partial charge in [-0.15, -0.1) is 0 Å². The molecule has 0 spiro atoms. The van der Waals surface area contributed by atoms with Gasteiger partial charge < -0.3 is 4.42 Å². The van der Waals surface area contributed by atoms with E-state index in [1.807, 2.05) is 85.0 Å². The van der Waals surface area contributed by atoms with Crippen molar-refractivity contribution in [2.24, 2.45) is 21.7 Å². The zero-order valence-corrected chi connectivity index (χ0v) is 33.6. The number of carbonyl (C=O) groups excluding carboxylic acids is 2. The van der Waals surface area contributed by atoms with Crippen LogP contribution < -0.4 is 0 Å². The smallest absolute Gasteiger partial charge is 0.186 e. The number of halogens is 2. The summed E-state index contributed by atoms with van der Waals surface area (Å²) < 4.78 is 6.95. The number of hydrogen-bond acceptors (Lipinski definition) is 3. The van der Waals surface area contributed by atoms with E-state index in [0.717, 1.165) is 55.7 Å². The molecule has 2 aliphatic rings. The van der Waals surface area contributed by atoms with Crippen LogP contribution in [0.2, 0.25) is 10.0 Å². The number of rotatable bonds is 4. The lowest BCUT2D eigenvalue weighted by atomic mass is 9.71. The first-order valence-electron chi connectivity index (χ1n) is 17.6. The molecule has 1 heterocycles. The molecule has 2 aliphatic carbocycles. The van der Waals surface area contributed by atoms with E-state index in [4.69, 9.17) is 27.6 Å². The molecule has 2 aromatic carbocycles. The van der Waals surface area contributed by atoms with Gasteiger partial charge in [-0.2, -0.15) is 0 Å². The summed E-state index contributed by atoms with van der Waals surface area (Å²) in [5, 5.41) is 1.19. The minimum Gasteiger partial charge on any atom is -0.456 e. The van der Waals surface area contributed by atoms with Crippen molar-refractivity contribution in [2.75, 3.05) is 0 Å². The molecular weight excluding hydrogens is 671 g/mol. The van der Waals surface area contributed by atoms with Crippen molar-refractivity contribution in [1.29, 1.82) is 0 Å². The number of allylic oxidation sites excluding steroid dienone is 10. The van der Waals surface area contributed by atoms with Crippen LogP contribution in [-0.4, -0.2) is 11.6 Å². The summed E-state index contributed by atoms with van der Waals surface area (Å²) in [5.74, 6) is 1.37. The molecule has 5 heteroatoms. The standard InChI is InChI=1S/C46H50Cl2O3/c1-43(2,3)33-23-29(24-34(41(33)49)44(4,5)6)39(27-15-13-17-31(47)21-27)37-19-20-38(51-37)40(28-16-14-18-32(48)22-28)30-25-35(45(7,8)9)42(50)36(26-30)46(10,11)12/h13-26H,1-12H3. The summed E-state index contributed by atoms with van der Waals surface area (Å²) in [7, 11) is 0. The normalized spacial score (nSPS) is 16.1. The third kappa shape index (κ3) is 8.11. The molecule has 0 bridgehead atoms. The van der Waals surface area contributed by atoms with Crippen LogP contribution in [0.4, 0.5) is 0 Å². The minimum atomic E-state index is -0.391. The van der Waals surface area contributed by atoms with Crippen LogP contribution in [0.1, 0.15) is 106 Å². The van der Waals surface area contributed by atoms with E-state index in [1.165, 1.54) is 0 Å². The Kier molecular flexibility index (Phi) is 10.2. The quantitative estimate of drug-likeness (QED) is 0.269. The Bertz CT molecular complexity index is 1890. The van der Waals surface area contributed by atoms with E-state index in [0.29, 0.717) is 21.6 Å². The molecule has 0 saturated heterocycles. The van der Waals surface area contributed by atoms with Crippen LogP contribution in [-0.2, 0) is 9.59 Å². The van der Waals surface area contributed by atoms with Crippen molar-refractivity contribution in [3.63, 3.8) is 0 Å². The third-order valence-electron chi connectivity index (χ3n) is 9.31. The summed E-state index contributed by atoms with van der Waals surface area (Å²) in [4.78, 5) is 27.9. The van der Waals surface area contributed by atoms with Crippen molar-refractivity contribution in [3.05, 3.63) is 151 Å². The Morgan fingerprint density at radius 2 is 0.765 bits per heavy atom. The van der Waals surface area contributed by atoms with Crippen LogP contribution in [0.15, 0.2) is 123 Å². The van der Waals surface area contributed by atoms with Crippen molar-refractivity contribution in [1.82, 2.24) is 0 Å². The van der Waals surface area contributed by atoms with Gasteiger partial charge in [0.25, 0.3) is 0 Å². The molecule has 0 saturated carbocycles. The summed E-state index contributed by atoms with van der Waals surface area (Å²) in [5.41, 5.74) is 6.53. The second-order valence-electron chi connectivity index (χ2n) is 17.7. The fourth-order valence-electron chi connectivity index (χ4n) is 6.57. The fourth-order valence-corrected chi connectivity index (χ4v) is 6.95. The maximum absolute atomic E-state index is 13.9. The summed E-state index contributed by atoms with van der Waals surface area (Å²) >= 11 is 13.2. The summed E-state index contributed by atoms with van der Waals surface area (Å²) in [6.45, 7) is 24.8. The number of carbonyl (C=O) groups is 2. The molecule has 0 aliphatic heterocycles. The zero-order chi connectivity index (χ0) is 37.8. The molecule has 0 fully saturated rings. The third-order valence-corrected chi connectivity index (χ3v) is 9.78. The summed E-state index contributed by atoms with van der Waals surface area (Å²) in [6, 6.07) is 19.4. The lowest BCUT2D eigenvalue weighted by molar-refractivity contribution is -0.114. The van der Waals surface area contributed by atoms with Gasteiger partial charge in [0.1, 0.15) is 11.5 Å². The number of ketones is 2. The van der Waals surface area contributed by atoms with E-state index >= 15 is 0 Å². The largest absolute Gasteiger partial charge is 0.456 e. The van der Waals surface area contributed by atoms with Gasteiger partial charge in [-0.25, -0.2) is 0 Å². The number of furan rings is 1. The van der Waals surface area contributed by atoms with Gasteiger partial charge in [0.2, 0.25) is 0 Å². The van der Waals surface area contributed by atoms with Crippen molar-refractivity contribution in [3.8, 4) is 0 Å². The molecule has 0 radical (unpaired) electrons. The second kappa shape index (κ2) is 13.6. The van der Waals surface area contributed by atoms with E-state index in [9.17, 15) is 9.59 Å². The van der Waals surface area contributed by atoms with Crippen LogP contribution >= 0.6 is 23.2 Å². The topological polar surface area (TPSA) is 47.3 Å². The van der Waals surface area contributed by atoms with E-state index in [2.05, 4.69) is 83.1 Å². The zero-order valence-electron chi connectivity index (χ0n) is 32.1. The van der Waals surface area contributed by atoms with Gasteiger partial charge >= 0.3 is 0 Å². The average molecular weight is 722 g/mol. The van der Waals surface area contributed by atoms with Crippen LogP contribution in [0.25, 0.3) is 11.1 Å². The lowest BCUT2D eigenvalue weighted by Crippen LogP contribution is -2.28. The molecule has 3 aromatic rings. The van der Waals surface area contributed by atoms with Gasteiger partial charge in [0, 0.05) is 43.5 Å². The molecule has 0 atom stereocenters. The molecule has 1 aromatic heterocycles. The monoisotopic (exact) mass is 720 g/mol. The lowest BCUT2D eigenvalue weighted by Gasteiger charge is -2.32. The maximum Gasteiger partial charge on any atom is 0.186 e. The molecule has 0 unspecified atom stereocenters. The predicted octanol–water partition coefficient (Wildman–Crippen LogP) is 13.2. The highest BCUT2D eigenvalue weighted by Crippen LogP contribution is 2.45. The number of hydrogen-bond donors (Lipinski definition) is 0. The van der Waals surface area contributed by atoms with Crippen LogP contribution in [0.5, 0.6) is 0 Å². The number of benzene rings is 2. The Labute approximate surface area is 314 Å². The molecule has 0 amide bonds. The Hall–Kier alpha value is -3.92. The van der Waals surface area contributed by atoms with E-state index in [1.54, 1.807) is 0 Å². The highest BCUT2D eigenvalue weighted by molar-refractivity contribution is 6.31. The first-order valence-corrected chi connectivity index (χ1v) is 18.3. The van der Waals surface area contributed by atoms with Gasteiger partial charge in [-0.1, -0.05) is 131 Å². The Morgan fingerprint density at radius 3 is 1.02 bits per heavy atom. The average Bonchev–Trinajstić information content (AvgIpc) is 3.45. The minimum absolute atomic E-state index is 0.0621. The van der Waals surface area contributed by atoms with Crippen molar-refractivity contribution < 1.29 is 14.0 Å². The van der Waals surface area contributed by atoms with Gasteiger partial charge in [-0.3, -0.25) is 9.59 Å². The van der Waals surface area contributed by atoms with Gasteiger partial charge in [0.15, 0.2) is 11.6 Å². The number of Topliss-reactive ketones (excluding diaryl/α,β-unsaturated/α-hetero) is 2. The van der Waals surface area contributed by atoms with E-state index in [-0.39, 0.29) is 11.6 Å². The predicted molar refractivity (Wildman–Crippen MR) is 214 cm³/mol. The first kappa shape index (κ1) is 38.3. The van der Waals surface area contributed by atoms with Crippen molar-refractivity contribution >= 4 is 45.9 Å². The molecule has 266 valence electrons. The highest BCUT2D eigenvalue weighted by atomic mass is 35.5.